The van der Waals surface area contributed by atoms with E-state index in [-0.39, 0.29) is 0 Å². The molecule has 0 bridgehead atoms. The molecule has 0 aliphatic heterocycles. The standard InChI is InChI=1S/C48H33N3S/c1-29-27-39-35-21-10-9-19-33(35)28-40(39)43(30(29)2)46-47(36-22-12-11-20-34(36)31-15-5-3-6-16-31)49-51-50-48(46)38-25-26-42-45(37-23-13-14-24-41(37)52-42)44(38)32-17-7-4-8-18-32/h3-27H,28H2,1-2H3. The van der Waals surface area contributed by atoms with Crippen molar-refractivity contribution in [2.45, 2.75) is 20.3 Å². The first-order valence-corrected chi connectivity index (χ1v) is 18.6. The van der Waals surface area contributed by atoms with Crippen LogP contribution in [0.1, 0.15) is 22.3 Å². The molecule has 3 nitrogen and oxygen atoms in total. The van der Waals surface area contributed by atoms with E-state index in [1.165, 1.54) is 64.7 Å². The summed E-state index contributed by atoms with van der Waals surface area (Å²) in [5.74, 6) is 0. The fourth-order valence-electron chi connectivity index (χ4n) is 8.28. The van der Waals surface area contributed by atoms with Gasteiger partial charge in [-0.25, -0.2) is 0 Å². The van der Waals surface area contributed by atoms with Crippen LogP contribution in [0.15, 0.2) is 152 Å². The van der Waals surface area contributed by atoms with Gasteiger partial charge in [-0.05, 0) is 93.2 Å². The van der Waals surface area contributed by atoms with Gasteiger partial charge in [0.05, 0.1) is 0 Å². The Balaban J connectivity index is 1.37. The summed E-state index contributed by atoms with van der Waals surface area (Å²) >= 11 is 1.84. The minimum absolute atomic E-state index is 0.839. The Morgan fingerprint density at radius 2 is 1.12 bits per heavy atom. The van der Waals surface area contributed by atoms with E-state index in [9.17, 15) is 0 Å². The van der Waals surface area contributed by atoms with Crippen molar-refractivity contribution < 1.29 is 0 Å². The quantitative estimate of drug-likeness (QED) is 0.181. The predicted octanol–water partition coefficient (Wildman–Crippen LogP) is 12.8. The third kappa shape index (κ3) is 4.75. The lowest BCUT2D eigenvalue weighted by molar-refractivity contribution is 0.878. The molecule has 0 saturated heterocycles. The monoisotopic (exact) mass is 683 g/mol. The van der Waals surface area contributed by atoms with Gasteiger partial charge in [0.2, 0.25) is 0 Å². The van der Waals surface area contributed by atoms with Crippen LogP contribution in [-0.2, 0) is 6.42 Å². The number of rotatable bonds is 5. The Morgan fingerprint density at radius 1 is 0.481 bits per heavy atom. The first-order valence-electron chi connectivity index (χ1n) is 17.8. The Morgan fingerprint density at radius 3 is 1.90 bits per heavy atom. The Hall–Kier alpha value is -6.23. The van der Waals surface area contributed by atoms with Crippen LogP contribution < -0.4 is 0 Å². The summed E-state index contributed by atoms with van der Waals surface area (Å²) in [6.07, 6.45) is 0.850. The van der Waals surface area contributed by atoms with Gasteiger partial charge in [0.1, 0.15) is 11.4 Å². The van der Waals surface area contributed by atoms with E-state index in [1.807, 2.05) is 11.3 Å². The van der Waals surface area contributed by atoms with Gasteiger partial charge in [0, 0.05) is 42.4 Å². The molecule has 2 aromatic heterocycles. The fraction of sp³-hybridized carbons (Fsp3) is 0.0625. The Kier molecular flexibility index (Phi) is 7.19. The van der Waals surface area contributed by atoms with Crippen molar-refractivity contribution in [2.75, 3.05) is 0 Å². The highest BCUT2D eigenvalue weighted by atomic mass is 32.1. The second-order valence-electron chi connectivity index (χ2n) is 13.7. The number of thiophene rings is 1. The van der Waals surface area contributed by atoms with E-state index in [4.69, 9.17) is 10.2 Å². The first-order chi connectivity index (χ1) is 25.7. The van der Waals surface area contributed by atoms with Gasteiger partial charge in [0.15, 0.2) is 0 Å². The fourth-order valence-corrected chi connectivity index (χ4v) is 9.39. The van der Waals surface area contributed by atoms with E-state index in [2.05, 4.69) is 171 Å². The van der Waals surface area contributed by atoms with Crippen molar-refractivity contribution in [1.82, 2.24) is 15.4 Å². The zero-order valence-electron chi connectivity index (χ0n) is 28.9. The second kappa shape index (κ2) is 12.2. The van der Waals surface area contributed by atoms with Crippen LogP contribution in [0.3, 0.4) is 0 Å². The van der Waals surface area contributed by atoms with Gasteiger partial charge >= 0.3 is 0 Å². The molecule has 1 aliphatic rings. The minimum Gasteiger partial charge on any atom is -0.135 e. The second-order valence-corrected chi connectivity index (χ2v) is 14.7. The molecule has 1 aliphatic carbocycles. The summed E-state index contributed by atoms with van der Waals surface area (Å²) in [4.78, 5) is 0. The molecule has 0 unspecified atom stereocenters. The number of fused-ring (bicyclic) bond motifs is 6. The number of hydrogen-bond acceptors (Lipinski definition) is 4. The average molecular weight is 684 g/mol. The molecule has 4 heteroatoms. The first kappa shape index (κ1) is 30.6. The predicted molar refractivity (Wildman–Crippen MR) is 218 cm³/mol. The SMILES string of the molecule is Cc1cc2c(c(-c3c(-c4ccccc4-c4ccccc4)nnnc3-c3ccc4sc5ccccc5c4c3-c3ccccc3)c1C)Cc1ccccc1-2. The molecule has 0 amide bonds. The highest BCUT2D eigenvalue weighted by Gasteiger charge is 2.30. The largest absolute Gasteiger partial charge is 0.135 e. The summed E-state index contributed by atoms with van der Waals surface area (Å²) in [6, 6.07) is 54.5. The van der Waals surface area contributed by atoms with Crippen LogP contribution in [0, 0.1) is 13.8 Å². The molecule has 0 atom stereocenters. The van der Waals surface area contributed by atoms with E-state index < -0.39 is 0 Å². The lowest BCUT2D eigenvalue weighted by Crippen LogP contribution is -2.05. The third-order valence-corrected chi connectivity index (χ3v) is 11.9. The van der Waals surface area contributed by atoms with Crippen molar-refractivity contribution in [3.05, 3.63) is 174 Å². The van der Waals surface area contributed by atoms with Gasteiger partial charge in [-0.1, -0.05) is 140 Å². The van der Waals surface area contributed by atoms with Crippen LogP contribution >= 0.6 is 11.3 Å². The molecule has 0 spiro atoms. The number of aryl methyl sites for hydroxylation is 1. The molecule has 0 fully saturated rings. The maximum absolute atomic E-state index is 5.06. The molecule has 7 aromatic carbocycles. The number of nitrogens with zero attached hydrogens (tertiary/aromatic N) is 3. The summed E-state index contributed by atoms with van der Waals surface area (Å²) in [6.45, 7) is 4.50. The van der Waals surface area contributed by atoms with Crippen molar-refractivity contribution in [2.24, 2.45) is 0 Å². The summed E-state index contributed by atoms with van der Waals surface area (Å²) in [7, 11) is 0. The Labute approximate surface area is 306 Å². The van der Waals surface area contributed by atoms with Crippen LogP contribution in [0.25, 0.3) is 87.2 Å². The molecule has 0 saturated carbocycles. The zero-order chi connectivity index (χ0) is 34.8. The molecular weight excluding hydrogens is 651 g/mol. The number of benzene rings is 7. The normalized spacial score (nSPS) is 12.0. The van der Waals surface area contributed by atoms with Crippen molar-refractivity contribution in [1.29, 1.82) is 0 Å². The molecule has 246 valence electrons. The van der Waals surface area contributed by atoms with Crippen molar-refractivity contribution >= 4 is 31.5 Å². The summed E-state index contributed by atoms with van der Waals surface area (Å²) in [5.41, 5.74) is 18.3. The minimum atomic E-state index is 0.839. The maximum Gasteiger partial charge on any atom is 0.105 e. The van der Waals surface area contributed by atoms with Gasteiger partial charge in [0.25, 0.3) is 0 Å². The lowest BCUT2D eigenvalue weighted by atomic mass is 9.82. The van der Waals surface area contributed by atoms with Gasteiger partial charge < -0.3 is 0 Å². The van der Waals surface area contributed by atoms with E-state index in [0.717, 1.165) is 51.2 Å². The number of hydrogen-bond donors (Lipinski definition) is 0. The highest BCUT2D eigenvalue weighted by Crippen LogP contribution is 2.52. The smallest absolute Gasteiger partial charge is 0.105 e. The lowest BCUT2D eigenvalue weighted by Gasteiger charge is -2.22. The van der Waals surface area contributed by atoms with Crippen LogP contribution in [0.5, 0.6) is 0 Å². The topological polar surface area (TPSA) is 38.7 Å². The van der Waals surface area contributed by atoms with Gasteiger partial charge in [-0.3, -0.25) is 0 Å². The van der Waals surface area contributed by atoms with E-state index in [0.29, 0.717) is 0 Å². The molecule has 0 radical (unpaired) electrons. The summed E-state index contributed by atoms with van der Waals surface area (Å²) in [5, 5.41) is 17.2. The molecule has 2 heterocycles. The van der Waals surface area contributed by atoms with Gasteiger partial charge in [-0.15, -0.1) is 21.5 Å². The van der Waals surface area contributed by atoms with Crippen LogP contribution in [0.4, 0.5) is 0 Å². The maximum atomic E-state index is 5.06. The molecule has 9 aromatic rings. The van der Waals surface area contributed by atoms with E-state index >= 15 is 0 Å². The molecule has 52 heavy (non-hydrogen) atoms. The summed E-state index contributed by atoms with van der Waals surface area (Å²) < 4.78 is 2.53. The average Bonchev–Trinajstić information content (AvgIpc) is 3.77. The van der Waals surface area contributed by atoms with Crippen LogP contribution in [0.2, 0.25) is 0 Å². The molecule has 0 N–H and O–H groups in total. The van der Waals surface area contributed by atoms with Crippen LogP contribution in [-0.4, -0.2) is 15.4 Å². The van der Waals surface area contributed by atoms with Gasteiger partial charge in [-0.2, -0.15) is 0 Å². The third-order valence-electron chi connectivity index (χ3n) is 10.8. The Bertz CT molecular complexity index is 2840. The number of aromatic nitrogens is 3. The molecular formula is C48H33N3S. The molecule has 10 rings (SSSR count). The van der Waals surface area contributed by atoms with E-state index in [1.54, 1.807) is 0 Å². The van der Waals surface area contributed by atoms with Crippen molar-refractivity contribution in [3.8, 4) is 67.0 Å². The zero-order valence-corrected chi connectivity index (χ0v) is 29.7. The van der Waals surface area contributed by atoms with Crippen molar-refractivity contribution in [3.63, 3.8) is 0 Å². The highest BCUT2D eigenvalue weighted by molar-refractivity contribution is 7.26.